The lowest BCUT2D eigenvalue weighted by atomic mass is 10.1. The summed E-state index contributed by atoms with van der Waals surface area (Å²) in [4.78, 5) is 22.9. The highest BCUT2D eigenvalue weighted by molar-refractivity contribution is 7.93. The van der Waals surface area contributed by atoms with Crippen LogP contribution >= 0.6 is 0 Å². The number of para-hydroxylation sites is 1. The van der Waals surface area contributed by atoms with Crippen LogP contribution in [0.15, 0.2) is 42.5 Å². The van der Waals surface area contributed by atoms with Gasteiger partial charge in [-0.3, -0.25) is 19.2 Å². The molecule has 2 aromatic rings. The second-order valence-electron chi connectivity index (χ2n) is 5.97. The average Bonchev–Trinajstić information content (AvgIpc) is 2.95. The topological polar surface area (TPSA) is 110 Å². The van der Waals surface area contributed by atoms with E-state index in [1.807, 2.05) is 0 Å². The predicted molar refractivity (Wildman–Crippen MR) is 98.0 cm³/mol. The van der Waals surface area contributed by atoms with Gasteiger partial charge in [-0.15, -0.1) is 0 Å². The fraction of sp³-hybridized carbons (Fsp3) is 0.235. The molecule has 0 aromatic heterocycles. The summed E-state index contributed by atoms with van der Waals surface area (Å²) in [6.07, 6.45) is 0.581. The molecule has 1 fully saturated rings. The Hall–Kier alpha value is -2.94. The Labute approximate surface area is 150 Å². The third kappa shape index (κ3) is 3.38. The van der Waals surface area contributed by atoms with E-state index < -0.39 is 20.9 Å². The number of anilines is 2. The zero-order chi connectivity index (χ0) is 18.9. The average molecular weight is 375 g/mol. The van der Waals surface area contributed by atoms with Crippen molar-refractivity contribution in [2.75, 3.05) is 21.9 Å². The van der Waals surface area contributed by atoms with Crippen molar-refractivity contribution < 1.29 is 18.1 Å². The zero-order valence-electron chi connectivity index (χ0n) is 14.0. The van der Waals surface area contributed by atoms with Crippen LogP contribution in [-0.4, -0.2) is 31.5 Å². The largest absolute Gasteiger partial charge is 0.322 e. The first kappa shape index (κ1) is 17.9. The summed E-state index contributed by atoms with van der Waals surface area (Å²) in [5.41, 5.74) is 1.36. The molecule has 1 saturated heterocycles. The monoisotopic (exact) mass is 375 g/mol. The fourth-order valence-electron chi connectivity index (χ4n) is 2.89. The van der Waals surface area contributed by atoms with Crippen LogP contribution in [0.4, 0.5) is 17.1 Å². The quantitative estimate of drug-likeness (QED) is 0.653. The lowest BCUT2D eigenvalue weighted by Gasteiger charge is -2.18. The minimum absolute atomic E-state index is 0.0388. The van der Waals surface area contributed by atoms with Crippen LogP contribution in [0.3, 0.4) is 0 Å². The maximum Gasteiger partial charge on any atom is 0.282 e. The highest BCUT2D eigenvalue weighted by Crippen LogP contribution is 2.28. The highest BCUT2D eigenvalue weighted by atomic mass is 32.2. The molecule has 0 unspecified atom stereocenters. The van der Waals surface area contributed by atoms with E-state index in [4.69, 9.17) is 0 Å². The van der Waals surface area contributed by atoms with Crippen molar-refractivity contribution in [1.82, 2.24) is 0 Å². The van der Waals surface area contributed by atoms with Gasteiger partial charge in [-0.1, -0.05) is 12.1 Å². The summed E-state index contributed by atoms with van der Waals surface area (Å²) in [5.74, 6) is -0.468. The first-order chi connectivity index (χ1) is 12.3. The molecule has 9 heteroatoms. The van der Waals surface area contributed by atoms with Gasteiger partial charge >= 0.3 is 0 Å². The van der Waals surface area contributed by atoms with Crippen LogP contribution in [0.25, 0.3) is 0 Å². The molecule has 3 rings (SSSR count). The standard InChI is InChI=1S/C17H17N3O5S/c1-12-11-13(19-9-4-10-26(19,24)25)7-8-15(12)18-17(21)14-5-2-3-6-16(14)20(22)23/h2-3,5-8,11H,4,9-10H2,1H3,(H,18,21). The van der Waals surface area contributed by atoms with Crippen LogP contribution in [0.5, 0.6) is 0 Å². The molecule has 136 valence electrons. The molecule has 0 saturated carbocycles. The minimum atomic E-state index is -3.28. The van der Waals surface area contributed by atoms with Crippen LogP contribution in [-0.2, 0) is 10.0 Å². The van der Waals surface area contributed by atoms with E-state index in [0.29, 0.717) is 29.9 Å². The summed E-state index contributed by atoms with van der Waals surface area (Å²) in [6.45, 7) is 2.17. The van der Waals surface area contributed by atoms with Crippen molar-refractivity contribution in [1.29, 1.82) is 0 Å². The van der Waals surface area contributed by atoms with E-state index in [1.54, 1.807) is 31.2 Å². The van der Waals surface area contributed by atoms with E-state index in [0.717, 1.165) is 0 Å². The van der Waals surface area contributed by atoms with E-state index in [9.17, 15) is 23.3 Å². The molecule has 1 heterocycles. The number of carbonyl (C=O) groups excluding carboxylic acids is 1. The number of hydrogen-bond donors (Lipinski definition) is 1. The SMILES string of the molecule is Cc1cc(N2CCCS2(=O)=O)ccc1NC(=O)c1ccccc1[N+](=O)[O-]. The van der Waals surface area contributed by atoms with Crippen LogP contribution < -0.4 is 9.62 Å². The summed E-state index contributed by atoms with van der Waals surface area (Å²) >= 11 is 0. The number of sulfonamides is 1. The third-order valence-corrected chi connectivity index (χ3v) is 6.06. The van der Waals surface area contributed by atoms with Crippen molar-refractivity contribution >= 4 is 33.0 Å². The van der Waals surface area contributed by atoms with Gasteiger partial charge in [0.05, 0.1) is 16.4 Å². The molecule has 1 aliphatic rings. The van der Waals surface area contributed by atoms with Gasteiger partial charge < -0.3 is 5.32 Å². The van der Waals surface area contributed by atoms with E-state index >= 15 is 0 Å². The Morgan fingerprint density at radius 2 is 1.96 bits per heavy atom. The molecule has 0 atom stereocenters. The number of nitro benzene ring substituents is 1. The van der Waals surface area contributed by atoms with Gasteiger partial charge in [-0.05, 0) is 43.2 Å². The summed E-state index contributed by atoms with van der Waals surface area (Å²) < 4.78 is 25.4. The molecule has 26 heavy (non-hydrogen) atoms. The van der Waals surface area contributed by atoms with Gasteiger partial charge in [0.25, 0.3) is 11.6 Å². The van der Waals surface area contributed by atoms with Crippen LogP contribution in [0.2, 0.25) is 0 Å². The number of aryl methyl sites for hydroxylation is 1. The Kier molecular flexibility index (Phi) is 4.64. The molecule has 1 aliphatic heterocycles. The molecule has 2 aromatic carbocycles. The molecule has 0 radical (unpaired) electrons. The Morgan fingerprint density at radius 3 is 2.58 bits per heavy atom. The Balaban J connectivity index is 1.85. The molecular formula is C17H17N3O5S. The van der Waals surface area contributed by atoms with Gasteiger partial charge in [0.15, 0.2) is 0 Å². The lowest BCUT2D eigenvalue weighted by molar-refractivity contribution is -0.385. The summed E-state index contributed by atoms with van der Waals surface area (Å²) in [6, 6.07) is 10.6. The molecule has 0 bridgehead atoms. The van der Waals surface area contributed by atoms with E-state index in [1.165, 1.54) is 22.5 Å². The predicted octanol–water partition coefficient (Wildman–Crippen LogP) is 2.70. The van der Waals surface area contributed by atoms with Gasteiger partial charge in [0, 0.05) is 18.3 Å². The number of rotatable bonds is 4. The van der Waals surface area contributed by atoms with E-state index in [-0.39, 0.29) is 17.0 Å². The third-order valence-electron chi connectivity index (χ3n) is 4.19. The van der Waals surface area contributed by atoms with Gasteiger partial charge in [0.2, 0.25) is 10.0 Å². The summed E-state index contributed by atoms with van der Waals surface area (Å²) in [7, 11) is -3.28. The van der Waals surface area contributed by atoms with Crippen molar-refractivity contribution in [2.24, 2.45) is 0 Å². The molecule has 0 aliphatic carbocycles. The van der Waals surface area contributed by atoms with Crippen molar-refractivity contribution in [2.45, 2.75) is 13.3 Å². The number of nitrogens with one attached hydrogen (secondary N) is 1. The smallest absolute Gasteiger partial charge is 0.282 e. The van der Waals surface area contributed by atoms with Crippen LogP contribution in [0.1, 0.15) is 22.3 Å². The van der Waals surface area contributed by atoms with Gasteiger partial charge in [0.1, 0.15) is 5.56 Å². The van der Waals surface area contributed by atoms with Crippen molar-refractivity contribution in [3.05, 3.63) is 63.7 Å². The number of nitrogens with zero attached hydrogens (tertiary/aromatic N) is 2. The van der Waals surface area contributed by atoms with Crippen molar-refractivity contribution in [3.63, 3.8) is 0 Å². The molecule has 8 nitrogen and oxygen atoms in total. The van der Waals surface area contributed by atoms with Crippen LogP contribution in [0, 0.1) is 17.0 Å². The molecule has 1 amide bonds. The normalized spacial score (nSPS) is 15.7. The maximum atomic E-state index is 12.4. The molecular weight excluding hydrogens is 358 g/mol. The highest BCUT2D eigenvalue weighted by Gasteiger charge is 2.28. The van der Waals surface area contributed by atoms with E-state index in [2.05, 4.69) is 5.32 Å². The second-order valence-corrected chi connectivity index (χ2v) is 7.98. The number of carbonyl (C=O) groups is 1. The summed E-state index contributed by atoms with van der Waals surface area (Å²) in [5, 5.41) is 13.7. The zero-order valence-corrected chi connectivity index (χ0v) is 14.8. The first-order valence-electron chi connectivity index (χ1n) is 7.95. The second kappa shape index (κ2) is 6.75. The number of amides is 1. The minimum Gasteiger partial charge on any atom is -0.322 e. The lowest BCUT2D eigenvalue weighted by Crippen LogP contribution is -2.25. The maximum absolute atomic E-state index is 12.4. The molecule has 0 spiro atoms. The van der Waals surface area contributed by atoms with Gasteiger partial charge in [-0.25, -0.2) is 8.42 Å². The fourth-order valence-corrected chi connectivity index (χ4v) is 4.44. The first-order valence-corrected chi connectivity index (χ1v) is 9.56. The number of benzene rings is 2. The molecule has 1 N–H and O–H groups in total. The number of nitro groups is 1. The Morgan fingerprint density at radius 1 is 1.23 bits per heavy atom. The Bertz CT molecular complexity index is 988. The van der Waals surface area contributed by atoms with Crippen molar-refractivity contribution in [3.8, 4) is 0 Å². The van der Waals surface area contributed by atoms with Gasteiger partial charge in [-0.2, -0.15) is 0 Å². The number of hydrogen-bond acceptors (Lipinski definition) is 5.